The third-order valence-corrected chi connectivity index (χ3v) is 1.76. The van der Waals surface area contributed by atoms with E-state index in [2.05, 4.69) is 0 Å². The number of ketones is 1. The predicted molar refractivity (Wildman–Crippen MR) is 54.7 cm³/mol. The smallest absolute Gasteiger partial charge is 0.241 e. The Morgan fingerprint density at radius 2 is 1.79 bits per heavy atom. The van der Waals surface area contributed by atoms with Crippen LogP contribution in [0.5, 0.6) is 0 Å². The van der Waals surface area contributed by atoms with Crippen molar-refractivity contribution in [1.29, 1.82) is 0 Å². The number of carbonyl (C=O) groups excluding carboxylic acids is 2. The number of carbonyl (C=O) groups is 2. The molecule has 0 spiro atoms. The normalized spacial score (nSPS) is 10.4. The van der Waals surface area contributed by atoms with Crippen LogP contribution in [0.4, 0.5) is 0 Å². The third-order valence-electron chi connectivity index (χ3n) is 1.76. The van der Waals surface area contributed by atoms with E-state index in [1.54, 1.807) is 30.3 Å². The standard InChI is InChI=1S/C11H11NO2/c1-8(13)10-5-2-9(3-6-10)4-7-11(12)14/h2-7H,1H3,(H2,12,14)/b7-4+. The Bertz CT molecular complexity index is 377. The van der Waals surface area contributed by atoms with Gasteiger partial charge < -0.3 is 5.73 Å². The summed E-state index contributed by atoms with van der Waals surface area (Å²) in [5, 5.41) is 0. The van der Waals surface area contributed by atoms with Crippen molar-refractivity contribution in [3.63, 3.8) is 0 Å². The van der Waals surface area contributed by atoms with Crippen molar-refractivity contribution in [1.82, 2.24) is 0 Å². The first-order valence-electron chi connectivity index (χ1n) is 4.18. The Morgan fingerprint density at radius 1 is 1.21 bits per heavy atom. The van der Waals surface area contributed by atoms with Gasteiger partial charge in [-0.1, -0.05) is 24.3 Å². The SMILES string of the molecule is CC(=O)c1ccc(/C=C/C(N)=O)cc1. The van der Waals surface area contributed by atoms with Gasteiger partial charge >= 0.3 is 0 Å². The van der Waals surface area contributed by atoms with E-state index in [0.717, 1.165) is 5.56 Å². The van der Waals surface area contributed by atoms with Crippen LogP contribution in [0.1, 0.15) is 22.8 Å². The molecular formula is C11H11NO2. The van der Waals surface area contributed by atoms with Crippen molar-refractivity contribution in [2.45, 2.75) is 6.92 Å². The fourth-order valence-electron chi connectivity index (χ4n) is 1.01. The molecule has 0 fully saturated rings. The first-order chi connectivity index (χ1) is 6.59. The molecule has 0 bridgehead atoms. The molecule has 0 aliphatic carbocycles. The fourth-order valence-corrected chi connectivity index (χ4v) is 1.01. The molecule has 1 amide bonds. The van der Waals surface area contributed by atoms with Crippen molar-refractivity contribution in [2.75, 3.05) is 0 Å². The topological polar surface area (TPSA) is 60.2 Å². The van der Waals surface area contributed by atoms with Crippen molar-refractivity contribution in [3.8, 4) is 0 Å². The second-order valence-corrected chi connectivity index (χ2v) is 2.91. The Kier molecular flexibility index (Phi) is 3.18. The summed E-state index contributed by atoms with van der Waals surface area (Å²) in [7, 11) is 0. The van der Waals surface area contributed by atoms with Crippen LogP contribution in [0, 0.1) is 0 Å². The number of hydrogen-bond donors (Lipinski definition) is 1. The van der Waals surface area contributed by atoms with E-state index >= 15 is 0 Å². The van der Waals surface area contributed by atoms with E-state index in [1.165, 1.54) is 13.0 Å². The lowest BCUT2D eigenvalue weighted by Gasteiger charge is -1.95. The minimum absolute atomic E-state index is 0.0235. The zero-order chi connectivity index (χ0) is 10.6. The predicted octanol–water partition coefficient (Wildman–Crippen LogP) is 1.39. The molecule has 1 rings (SSSR count). The zero-order valence-electron chi connectivity index (χ0n) is 7.86. The van der Waals surface area contributed by atoms with Crippen LogP contribution in [0.3, 0.4) is 0 Å². The van der Waals surface area contributed by atoms with Gasteiger partial charge in [-0.25, -0.2) is 0 Å². The highest BCUT2D eigenvalue weighted by molar-refractivity contribution is 5.94. The molecule has 0 heterocycles. The van der Waals surface area contributed by atoms with Gasteiger partial charge in [-0.05, 0) is 18.6 Å². The van der Waals surface area contributed by atoms with Crippen LogP contribution in [0.2, 0.25) is 0 Å². The molecule has 0 unspecified atom stereocenters. The molecule has 14 heavy (non-hydrogen) atoms. The van der Waals surface area contributed by atoms with E-state index in [1.807, 2.05) is 0 Å². The minimum Gasteiger partial charge on any atom is -0.366 e. The van der Waals surface area contributed by atoms with Crippen molar-refractivity contribution in [2.24, 2.45) is 5.73 Å². The van der Waals surface area contributed by atoms with Gasteiger partial charge in [0.05, 0.1) is 0 Å². The largest absolute Gasteiger partial charge is 0.366 e. The average molecular weight is 189 g/mol. The van der Waals surface area contributed by atoms with E-state index < -0.39 is 5.91 Å². The zero-order valence-corrected chi connectivity index (χ0v) is 7.86. The minimum atomic E-state index is -0.486. The lowest BCUT2D eigenvalue weighted by atomic mass is 10.1. The van der Waals surface area contributed by atoms with Crippen molar-refractivity contribution in [3.05, 3.63) is 41.5 Å². The number of benzene rings is 1. The summed E-state index contributed by atoms with van der Waals surface area (Å²) in [5.41, 5.74) is 6.43. The third kappa shape index (κ3) is 2.86. The molecule has 3 nitrogen and oxygen atoms in total. The molecule has 2 N–H and O–H groups in total. The number of primary amides is 1. The van der Waals surface area contributed by atoms with Crippen LogP contribution in [0.25, 0.3) is 6.08 Å². The number of amides is 1. The average Bonchev–Trinajstić information content (AvgIpc) is 2.15. The highest BCUT2D eigenvalue weighted by atomic mass is 16.1. The van der Waals surface area contributed by atoms with Gasteiger partial charge in [0.2, 0.25) is 5.91 Å². The van der Waals surface area contributed by atoms with Crippen LogP contribution < -0.4 is 5.73 Å². The Labute approximate surface area is 82.2 Å². The number of nitrogens with two attached hydrogens (primary N) is 1. The molecule has 1 aromatic carbocycles. The van der Waals surface area contributed by atoms with Gasteiger partial charge in [-0.3, -0.25) is 9.59 Å². The molecule has 0 aliphatic heterocycles. The van der Waals surface area contributed by atoms with Crippen molar-refractivity contribution >= 4 is 17.8 Å². The maximum atomic E-state index is 10.9. The number of rotatable bonds is 3. The second kappa shape index (κ2) is 4.37. The van der Waals surface area contributed by atoms with E-state index in [-0.39, 0.29) is 5.78 Å². The fraction of sp³-hybridized carbons (Fsp3) is 0.0909. The summed E-state index contributed by atoms with van der Waals surface area (Å²) in [4.78, 5) is 21.4. The summed E-state index contributed by atoms with van der Waals surface area (Å²) < 4.78 is 0. The lowest BCUT2D eigenvalue weighted by Crippen LogP contribution is -2.05. The van der Waals surface area contributed by atoms with Gasteiger partial charge in [-0.15, -0.1) is 0 Å². The summed E-state index contributed by atoms with van der Waals surface area (Å²) in [6.45, 7) is 1.51. The van der Waals surface area contributed by atoms with E-state index in [0.29, 0.717) is 5.56 Å². The second-order valence-electron chi connectivity index (χ2n) is 2.91. The Balaban J connectivity index is 2.83. The summed E-state index contributed by atoms with van der Waals surface area (Å²) in [6.07, 6.45) is 2.88. The molecule has 0 atom stereocenters. The quantitative estimate of drug-likeness (QED) is 0.577. The number of hydrogen-bond acceptors (Lipinski definition) is 2. The lowest BCUT2D eigenvalue weighted by molar-refractivity contribution is -0.113. The van der Waals surface area contributed by atoms with Gasteiger partial charge in [0, 0.05) is 11.6 Å². The highest BCUT2D eigenvalue weighted by Gasteiger charge is 1.96. The van der Waals surface area contributed by atoms with Crippen molar-refractivity contribution < 1.29 is 9.59 Å². The van der Waals surface area contributed by atoms with Crippen LogP contribution in [0.15, 0.2) is 30.3 Å². The maximum Gasteiger partial charge on any atom is 0.241 e. The summed E-state index contributed by atoms with van der Waals surface area (Å²) >= 11 is 0. The molecule has 3 heteroatoms. The molecule has 0 saturated carbocycles. The van der Waals surface area contributed by atoms with Crippen LogP contribution in [-0.2, 0) is 4.79 Å². The van der Waals surface area contributed by atoms with Gasteiger partial charge in [0.25, 0.3) is 0 Å². The first kappa shape index (κ1) is 10.2. The Morgan fingerprint density at radius 3 is 2.21 bits per heavy atom. The van der Waals surface area contributed by atoms with E-state index in [9.17, 15) is 9.59 Å². The molecule has 0 radical (unpaired) electrons. The summed E-state index contributed by atoms with van der Waals surface area (Å²) in [6, 6.07) is 6.94. The first-order valence-corrected chi connectivity index (χ1v) is 4.18. The summed E-state index contributed by atoms with van der Waals surface area (Å²) in [5.74, 6) is -0.462. The monoisotopic (exact) mass is 189 g/mol. The highest BCUT2D eigenvalue weighted by Crippen LogP contribution is 2.06. The van der Waals surface area contributed by atoms with Crippen LogP contribution in [-0.4, -0.2) is 11.7 Å². The number of Topliss-reactive ketones (excluding diaryl/α,β-unsaturated/α-hetero) is 1. The maximum absolute atomic E-state index is 10.9. The molecule has 0 aliphatic rings. The van der Waals surface area contributed by atoms with Crippen LogP contribution >= 0.6 is 0 Å². The van der Waals surface area contributed by atoms with Gasteiger partial charge in [-0.2, -0.15) is 0 Å². The molecular weight excluding hydrogens is 178 g/mol. The molecule has 1 aromatic rings. The van der Waals surface area contributed by atoms with Gasteiger partial charge in [0.1, 0.15) is 0 Å². The molecule has 72 valence electrons. The molecule has 0 saturated heterocycles. The van der Waals surface area contributed by atoms with E-state index in [4.69, 9.17) is 5.73 Å². The van der Waals surface area contributed by atoms with Gasteiger partial charge in [0.15, 0.2) is 5.78 Å². The molecule has 0 aromatic heterocycles. The Hall–Kier alpha value is -1.90.